The number of halogens is 1. The number of hydrogen-bond donors (Lipinski definition) is 2. The molecule has 0 unspecified atom stereocenters. The first-order chi connectivity index (χ1) is 16.8. The summed E-state index contributed by atoms with van der Waals surface area (Å²) >= 11 is 6.11. The molecule has 2 N–H and O–H groups in total. The third-order valence-corrected chi connectivity index (χ3v) is 6.64. The fourth-order valence-electron chi connectivity index (χ4n) is 4.60. The van der Waals surface area contributed by atoms with E-state index < -0.39 is 0 Å². The van der Waals surface area contributed by atoms with Crippen molar-refractivity contribution in [2.45, 2.75) is 24.9 Å². The molecule has 0 bridgehead atoms. The van der Waals surface area contributed by atoms with E-state index in [1.165, 1.54) is 0 Å². The van der Waals surface area contributed by atoms with Gasteiger partial charge in [-0.25, -0.2) is 0 Å². The fraction of sp³-hybridized carbons (Fsp3) is 0.296. The van der Waals surface area contributed by atoms with Gasteiger partial charge in [-0.3, -0.25) is 15.0 Å². The molecule has 7 heteroatoms. The van der Waals surface area contributed by atoms with E-state index in [0.29, 0.717) is 11.1 Å². The van der Waals surface area contributed by atoms with Gasteiger partial charge in [-0.05, 0) is 74.5 Å². The highest BCUT2D eigenvalue weighted by Gasteiger charge is 2.24. The van der Waals surface area contributed by atoms with Crippen LogP contribution in [0.15, 0.2) is 79.3 Å². The second kappa shape index (κ2) is 10.9. The predicted octanol–water partition coefficient (Wildman–Crippen LogP) is 4.93. The number of nitrogens with zero attached hydrogens (tertiary/aromatic N) is 4. The second-order valence-electron chi connectivity index (χ2n) is 8.67. The maximum Gasteiger partial charge on any atom is 0.0927 e. The van der Waals surface area contributed by atoms with Crippen molar-refractivity contribution in [2.75, 3.05) is 31.5 Å². The fourth-order valence-corrected chi connectivity index (χ4v) is 4.77. The van der Waals surface area contributed by atoms with Crippen LogP contribution in [0.4, 0.5) is 5.69 Å². The first-order valence-corrected chi connectivity index (χ1v) is 12.2. The molecule has 1 fully saturated rings. The number of likely N-dealkylation sites (tertiary alicyclic amines) is 1. The Bertz CT molecular complexity index is 1160. The number of aromatic nitrogens is 3. The van der Waals surface area contributed by atoms with E-state index in [0.717, 1.165) is 67.0 Å². The maximum atomic E-state index is 6.11. The van der Waals surface area contributed by atoms with Gasteiger partial charge in [0.15, 0.2) is 0 Å². The summed E-state index contributed by atoms with van der Waals surface area (Å²) in [4.78, 5) is 16.2. The van der Waals surface area contributed by atoms with Crippen molar-refractivity contribution in [3.63, 3.8) is 0 Å². The molecule has 1 saturated heterocycles. The topological polar surface area (TPSA) is 66.0 Å². The summed E-state index contributed by atoms with van der Waals surface area (Å²) in [5.74, 6) is 0. The Morgan fingerprint density at radius 1 is 0.882 bits per heavy atom. The Morgan fingerprint density at radius 3 is 2.29 bits per heavy atom. The first-order valence-electron chi connectivity index (χ1n) is 11.8. The lowest BCUT2D eigenvalue weighted by atomic mass is 10.0. The number of piperidine rings is 1. The number of hydrogen-bond acceptors (Lipinski definition) is 6. The highest BCUT2D eigenvalue weighted by Crippen LogP contribution is 2.25. The number of pyridine rings is 3. The zero-order valence-corrected chi connectivity index (χ0v) is 19.8. The standard InChI is InChI=1S/C27H29ClN6/c28-20-7-8-22-23(9-14-31-26(22)19-20)32-15-18-34-16-10-21(11-17-34)33-27(24-5-1-3-12-29-24)25-6-2-4-13-30-25/h1-9,12-14,19,21,27,33H,10-11,15-18H2,(H,31,32). The van der Waals surface area contributed by atoms with E-state index in [9.17, 15) is 0 Å². The molecule has 0 radical (unpaired) electrons. The van der Waals surface area contributed by atoms with Crippen molar-refractivity contribution in [2.24, 2.45) is 0 Å². The third kappa shape index (κ3) is 5.53. The van der Waals surface area contributed by atoms with Crippen molar-refractivity contribution in [1.29, 1.82) is 0 Å². The Hall–Kier alpha value is -3.06. The van der Waals surface area contributed by atoms with Gasteiger partial charge in [-0.1, -0.05) is 23.7 Å². The summed E-state index contributed by atoms with van der Waals surface area (Å²) in [6.45, 7) is 4.05. The van der Waals surface area contributed by atoms with E-state index in [1.54, 1.807) is 0 Å². The van der Waals surface area contributed by atoms with Crippen molar-refractivity contribution < 1.29 is 0 Å². The number of rotatable bonds is 8. The summed E-state index contributed by atoms with van der Waals surface area (Å²) in [7, 11) is 0. The number of anilines is 1. The zero-order valence-electron chi connectivity index (χ0n) is 19.1. The summed E-state index contributed by atoms with van der Waals surface area (Å²) in [6, 6.07) is 20.5. The molecule has 6 nitrogen and oxygen atoms in total. The van der Waals surface area contributed by atoms with Crippen LogP contribution in [-0.2, 0) is 0 Å². The van der Waals surface area contributed by atoms with Gasteiger partial charge < -0.3 is 15.5 Å². The van der Waals surface area contributed by atoms with Crippen molar-refractivity contribution >= 4 is 28.2 Å². The second-order valence-corrected chi connectivity index (χ2v) is 9.11. The molecule has 0 saturated carbocycles. The SMILES string of the molecule is Clc1ccc2c(NCCN3CCC(NC(c4ccccn4)c4ccccn4)CC3)ccnc2c1. The van der Waals surface area contributed by atoms with Crippen LogP contribution in [0.1, 0.15) is 30.3 Å². The molecule has 0 atom stereocenters. The predicted molar refractivity (Wildman–Crippen MR) is 138 cm³/mol. The molecule has 34 heavy (non-hydrogen) atoms. The van der Waals surface area contributed by atoms with E-state index >= 15 is 0 Å². The van der Waals surface area contributed by atoms with Crippen LogP contribution in [0.3, 0.4) is 0 Å². The minimum absolute atomic E-state index is 0.00842. The van der Waals surface area contributed by atoms with Gasteiger partial charge >= 0.3 is 0 Å². The van der Waals surface area contributed by atoms with Crippen LogP contribution < -0.4 is 10.6 Å². The van der Waals surface area contributed by atoms with Gasteiger partial charge in [0.05, 0.1) is 22.9 Å². The van der Waals surface area contributed by atoms with E-state index in [1.807, 2.05) is 67.1 Å². The average Bonchev–Trinajstić information content (AvgIpc) is 2.89. The van der Waals surface area contributed by atoms with Crippen LogP contribution in [0.25, 0.3) is 10.9 Å². The Labute approximate surface area is 205 Å². The van der Waals surface area contributed by atoms with Gasteiger partial charge in [0.25, 0.3) is 0 Å². The van der Waals surface area contributed by atoms with E-state index in [-0.39, 0.29) is 6.04 Å². The maximum absolute atomic E-state index is 6.11. The normalized spacial score (nSPS) is 15.1. The smallest absolute Gasteiger partial charge is 0.0927 e. The molecular formula is C27H29ClN6. The molecule has 3 aromatic heterocycles. The summed E-state index contributed by atoms with van der Waals surface area (Å²) in [5.41, 5.74) is 4.05. The van der Waals surface area contributed by atoms with Crippen LogP contribution in [-0.4, -0.2) is 52.1 Å². The van der Waals surface area contributed by atoms with Crippen molar-refractivity contribution in [3.8, 4) is 0 Å². The van der Waals surface area contributed by atoms with Crippen molar-refractivity contribution in [3.05, 3.63) is 95.7 Å². The molecule has 4 heterocycles. The minimum Gasteiger partial charge on any atom is -0.383 e. The molecule has 174 valence electrons. The molecule has 0 spiro atoms. The van der Waals surface area contributed by atoms with Crippen LogP contribution in [0.2, 0.25) is 5.02 Å². The average molecular weight is 473 g/mol. The first kappa shape index (κ1) is 22.7. The molecule has 0 amide bonds. The highest BCUT2D eigenvalue weighted by atomic mass is 35.5. The molecule has 0 aliphatic carbocycles. The Morgan fingerprint density at radius 2 is 1.62 bits per heavy atom. The van der Waals surface area contributed by atoms with Gasteiger partial charge in [0.1, 0.15) is 0 Å². The summed E-state index contributed by atoms with van der Waals surface area (Å²) < 4.78 is 0. The number of fused-ring (bicyclic) bond motifs is 1. The monoisotopic (exact) mass is 472 g/mol. The van der Waals surface area contributed by atoms with Crippen LogP contribution >= 0.6 is 11.6 Å². The molecule has 5 rings (SSSR count). The van der Waals surface area contributed by atoms with Crippen molar-refractivity contribution in [1.82, 2.24) is 25.2 Å². The van der Waals surface area contributed by atoms with Crippen LogP contribution in [0, 0.1) is 0 Å². The van der Waals surface area contributed by atoms with Gasteiger partial charge in [-0.15, -0.1) is 0 Å². The minimum atomic E-state index is 0.00842. The highest BCUT2D eigenvalue weighted by molar-refractivity contribution is 6.31. The lowest BCUT2D eigenvalue weighted by Crippen LogP contribution is -2.45. The summed E-state index contributed by atoms with van der Waals surface area (Å²) in [6.07, 6.45) is 7.74. The van der Waals surface area contributed by atoms with Gasteiger partial charge in [0.2, 0.25) is 0 Å². The largest absolute Gasteiger partial charge is 0.383 e. The lowest BCUT2D eigenvalue weighted by molar-refractivity contribution is 0.199. The quantitative estimate of drug-likeness (QED) is 0.379. The lowest BCUT2D eigenvalue weighted by Gasteiger charge is -2.34. The van der Waals surface area contributed by atoms with Gasteiger partial charge in [0, 0.05) is 53.8 Å². The molecule has 1 aromatic carbocycles. The molecule has 1 aliphatic rings. The Kier molecular flexibility index (Phi) is 7.29. The summed E-state index contributed by atoms with van der Waals surface area (Å²) in [5, 5.41) is 9.23. The van der Waals surface area contributed by atoms with E-state index in [2.05, 4.69) is 42.6 Å². The van der Waals surface area contributed by atoms with Crippen LogP contribution in [0.5, 0.6) is 0 Å². The number of benzene rings is 1. The molecule has 1 aliphatic heterocycles. The third-order valence-electron chi connectivity index (χ3n) is 6.41. The van der Waals surface area contributed by atoms with Gasteiger partial charge in [-0.2, -0.15) is 0 Å². The Balaban J connectivity index is 1.14. The molecular weight excluding hydrogens is 444 g/mol. The molecule has 4 aromatic rings. The zero-order chi connectivity index (χ0) is 23.2. The van der Waals surface area contributed by atoms with E-state index in [4.69, 9.17) is 11.6 Å². The number of nitrogens with one attached hydrogen (secondary N) is 2.